The number of nitrogens with one attached hydrogen (secondary N) is 1. The fourth-order valence-corrected chi connectivity index (χ4v) is 1.99. The van der Waals surface area contributed by atoms with Crippen LogP contribution >= 0.6 is 0 Å². The zero-order valence-corrected chi connectivity index (χ0v) is 11.8. The molecule has 2 aromatic rings. The van der Waals surface area contributed by atoms with E-state index in [1.54, 1.807) is 6.08 Å². The maximum absolute atomic E-state index is 11.7. The van der Waals surface area contributed by atoms with Gasteiger partial charge in [-0.3, -0.25) is 9.63 Å². The first-order valence-corrected chi connectivity index (χ1v) is 6.85. The van der Waals surface area contributed by atoms with Crippen molar-refractivity contribution in [2.24, 2.45) is 0 Å². The lowest BCUT2D eigenvalue weighted by Crippen LogP contribution is -2.21. The van der Waals surface area contributed by atoms with Crippen molar-refractivity contribution in [3.8, 4) is 11.5 Å². The van der Waals surface area contributed by atoms with Crippen LogP contribution in [0.2, 0.25) is 0 Å². The Labute approximate surface area is 128 Å². The lowest BCUT2D eigenvalue weighted by atomic mass is 10.2. The molecule has 0 saturated heterocycles. The fourth-order valence-electron chi connectivity index (χ4n) is 1.99. The molecule has 112 valence electrons. The molecule has 5 nitrogen and oxygen atoms in total. The van der Waals surface area contributed by atoms with Gasteiger partial charge in [0, 0.05) is 6.08 Å². The van der Waals surface area contributed by atoms with E-state index in [4.69, 9.17) is 14.3 Å². The Balaban J connectivity index is 1.49. The van der Waals surface area contributed by atoms with Gasteiger partial charge in [0.15, 0.2) is 11.5 Å². The highest BCUT2D eigenvalue weighted by Gasteiger charge is 2.12. The van der Waals surface area contributed by atoms with E-state index in [-0.39, 0.29) is 12.7 Å². The molecule has 0 radical (unpaired) electrons. The monoisotopic (exact) mass is 297 g/mol. The SMILES string of the molecule is O=C(/C=C/c1ccc2c(c1)OCO2)NOCc1ccccc1. The van der Waals surface area contributed by atoms with Crippen molar-refractivity contribution in [2.45, 2.75) is 6.61 Å². The third-order valence-electron chi connectivity index (χ3n) is 3.08. The molecule has 1 aliphatic heterocycles. The third-order valence-corrected chi connectivity index (χ3v) is 3.08. The summed E-state index contributed by atoms with van der Waals surface area (Å²) in [5.41, 5.74) is 4.21. The number of benzene rings is 2. The molecule has 0 bridgehead atoms. The molecule has 1 N–H and O–H groups in total. The number of carbonyl (C=O) groups excluding carboxylic acids is 1. The van der Waals surface area contributed by atoms with Crippen molar-refractivity contribution >= 4 is 12.0 Å². The molecular weight excluding hydrogens is 282 g/mol. The molecule has 1 heterocycles. The van der Waals surface area contributed by atoms with Gasteiger partial charge >= 0.3 is 0 Å². The maximum atomic E-state index is 11.7. The Morgan fingerprint density at radius 1 is 1.14 bits per heavy atom. The van der Waals surface area contributed by atoms with Crippen LogP contribution < -0.4 is 15.0 Å². The Bertz CT molecular complexity index is 682. The van der Waals surface area contributed by atoms with E-state index in [0.717, 1.165) is 11.1 Å². The van der Waals surface area contributed by atoms with Crippen LogP contribution in [0.3, 0.4) is 0 Å². The van der Waals surface area contributed by atoms with E-state index in [1.165, 1.54) is 6.08 Å². The summed E-state index contributed by atoms with van der Waals surface area (Å²) >= 11 is 0. The molecule has 0 aliphatic carbocycles. The molecule has 5 heteroatoms. The molecule has 0 atom stereocenters. The molecule has 0 aromatic heterocycles. The normalized spacial score (nSPS) is 12.5. The first-order valence-electron chi connectivity index (χ1n) is 6.85. The topological polar surface area (TPSA) is 56.8 Å². The van der Waals surface area contributed by atoms with Crippen molar-refractivity contribution in [3.05, 3.63) is 65.7 Å². The second-order valence-electron chi connectivity index (χ2n) is 4.69. The first kappa shape index (κ1) is 14.2. The standard InChI is InChI=1S/C17H15NO4/c19-17(18-22-11-14-4-2-1-3-5-14)9-7-13-6-8-15-16(10-13)21-12-20-15/h1-10H,11-12H2,(H,18,19)/b9-7+. The summed E-state index contributed by atoms with van der Waals surface area (Å²) in [6, 6.07) is 15.1. The molecule has 2 aromatic carbocycles. The molecule has 3 rings (SSSR count). The summed E-state index contributed by atoms with van der Waals surface area (Å²) < 4.78 is 10.5. The molecule has 1 amide bonds. The fraction of sp³-hybridized carbons (Fsp3) is 0.118. The second kappa shape index (κ2) is 6.78. The lowest BCUT2D eigenvalue weighted by molar-refractivity contribution is -0.129. The van der Waals surface area contributed by atoms with Gasteiger partial charge in [0.25, 0.3) is 5.91 Å². The summed E-state index contributed by atoms with van der Waals surface area (Å²) in [4.78, 5) is 16.8. The van der Waals surface area contributed by atoms with Crippen LogP contribution in [0.25, 0.3) is 6.08 Å². The summed E-state index contributed by atoms with van der Waals surface area (Å²) in [6.07, 6.45) is 3.09. The van der Waals surface area contributed by atoms with Crippen LogP contribution in [0, 0.1) is 0 Å². The summed E-state index contributed by atoms with van der Waals surface area (Å²) in [5.74, 6) is 1.07. The van der Waals surface area contributed by atoms with Crippen molar-refractivity contribution in [1.29, 1.82) is 0 Å². The highest BCUT2D eigenvalue weighted by Crippen LogP contribution is 2.32. The van der Waals surface area contributed by atoms with Crippen LogP contribution in [-0.4, -0.2) is 12.7 Å². The molecule has 1 aliphatic rings. The average Bonchev–Trinajstić information content (AvgIpc) is 3.01. The van der Waals surface area contributed by atoms with Gasteiger partial charge in [-0.1, -0.05) is 36.4 Å². The van der Waals surface area contributed by atoms with E-state index in [2.05, 4.69) is 5.48 Å². The number of fused-ring (bicyclic) bond motifs is 1. The maximum Gasteiger partial charge on any atom is 0.267 e. The quantitative estimate of drug-likeness (QED) is 0.681. The smallest absolute Gasteiger partial charge is 0.267 e. The number of hydroxylamine groups is 1. The van der Waals surface area contributed by atoms with Crippen molar-refractivity contribution in [1.82, 2.24) is 5.48 Å². The van der Waals surface area contributed by atoms with Crippen LogP contribution in [0.5, 0.6) is 11.5 Å². The van der Waals surface area contributed by atoms with E-state index in [1.807, 2.05) is 48.5 Å². The minimum absolute atomic E-state index is 0.232. The van der Waals surface area contributed by atoms with Gasteiger partial charge in [-0.05, 0) is 29.3 Å². The minimum Gasteiger partial charge on any atom is -0.454 e. The van der Waals surface area contributed by atoms with Gasteiger partial charge in [0.1, 0.15) is 0 Å². The zero-order valence-electron chi connectivity index (χ0n) is 11.8. The molecular formula is C17H15NO4. The third kappa shape index (κ3) is 3.65. The Hall–Kier alpha value is -2.79. The van der Waals surface area contributed by atoms with Crippen molar-refractivity contribution in [3.63, 3.8) is 0 Å². The number of carbonyl (C=O) groups is 1. The van der Waals surface area contributed by atoms with Gasteiger partial charge in [0.2, 0.25) is 6.79 Å². The highest BCUT2D eigenvalue weighted by molar-refractivity contribution is 5.91. The van der Waals surface area contributed by atoms with Gasteiger partial charge in [-0.25, -0.2) is 5.48 Å². The predicted molar refractivity (Wildman–Crippen MR) is 81.0 cm³/mol. The summed E-state index contributed by atoms with van der Waals surface area (Å²) in [7, 11) is 0. The Morgan fingerprint density at radius 3 is 2.82 bits per heavy atom. The Kier molecular flexibility index (Phi) is 4.36. The molecule has 22 heavy (non-hydrogen) atoms. The predicted octanol–water partition coefficient (Wildman–Crippen LogP) is 2.68. The average molecular weight is 297 g/mol. The van der Waals surface area contributed by atoms with Crippen molar-refractivity contribution < 1.29 is 19.1 Å². The molecule has 0 fully saturated rings. The lowest BCUT2D eigenvalue weighted by Gasteiger charge is -2.03. The number of rotatable bonds is 5. The molecule has 0 spiro atoms. The summed E-state index contributed by atoms with van der Waals surface area (Å²) in [6.45, 7) is 0.556. The van der Waals surface area contributed by atoms with Gasteiger partial charge < -0.3 is 9.47 Å². The second-order valence-corrected chi connectivity index (χ2v) is 4.69. The number of amides is 1. The van der Waals surface area contributed by atoms with Gasteiger partial charge in [0.05, 0.1) is 6.61 Å². The minimum atomic E-state index is -0.325. The molecule has 0 unspecified atom stereocenters. The highest BCUT2D eigenvalue weighted by atomic mass is 16.7. The van der Waals surface area contributed by atoms with E-state index < -0.39 is 0 Å². The van der Waals surface area contributed by atoms with Gasteiger partial charge in [-0.2, -0.15) is 0 Å². The number of hydrogen-bond acceptors (Lipinski definition) is 4. The van der Waals surface area contributed by atoms with Crippen LogP contribution in [-0.2, 0) is 16.2 Å². The summed E-state index contributed by atoms with van der Waals surface area (Å²) in [5, 5.41) is 0. The van der Waals surface area contributed by atoms with Crippen molar-refractivity contribution in [2.75, 3.05) is 6.79 Å². The number of ether oxygens (including phenoxy) is 2. The van der Waals surface area contributed by atoms with E-state index >= 15 is 0 Å². The zero-order chi connectivity index (χ0) is 15.2. The Morgan fingerprint density at radius 2 is 1.95 bits per heavy atom. The molecule has 0 saturated carbocycles. The van der Waals surface area contributed by atoms with Crippen LogP contribution in [0.15, 0.2) is 54.6 Å². The van der Waals surface area contributed by atoms with Crippen LogP contribution in [0.1, 0.15) is 11.1 Å². The first-order chi connectivity index (χ1) is 10.8. The number of hydrogen-bond donors (Lipinski definition) is 1. The largest absolute Gasteiger partial charge is 0.454 e. The van der Waals surface area contributed by atoms with Crippen LogP contribution in [0.4, 0.5) is 0 Å². The van der Waals surface area contributed by atoms with Gasteiger partial charge in [-0.15, -0.1) is 0 Å². The van der Waals surface area contributed by atoms with E-state index in [0.29, 0.717) is 18.1 Å². The van der Waals surface area contributed by atoms with E-state index in [9.17, 15) is 4.79 Å².